The molecule has 0 unspecified atom stereocenters. The van der Waals surface area contributed by atoms with Crippen LogP contribution in [0.5, 0.6) is 0 Å². The third-order valence-electron chi connectivity index (χ3n) is 2.38. The van der Waals surface area contributed by atoms with Gasteiger partial charge in [-0.2, -0.15) is 0 Å². The number of carbonyl (C=O) groups excluding carboxylic acids is 1. The lowest BCUT2D eigenvalue weighted by atomic mass is 10.0. The summed E-state index contributed by atoms with van der Waals surface area (Å²) in [7, 11) is 0. The molecule has 1 nitrogen and oxygen atoms in total. The lowest BCUT2D eigenvalue weighted by molar-refractivity contribution is 0.103. The number of benzene rings is 2. The minimum atomic E-state index is -0.578. The van der Waals surface area contributed by atoms with Crippen molar-refractivity contribution in [1.82, 2.24) is 0 Å². The summed E-state index contributed by atoms with van der Waals surface area (Å²) in [5, 5.41) is 0.347. The zero-order valence-corrected chi connectivity index (χ0v) is 11.2. The smallest absolute Gasteiger partial charge is 0.194 e. The van der Waals surface area contributed by atoms with Crippen molar-refractivity contribution in [2.24, 2.45) is 0 Å². The highest BCUT2D eigenvalue weighted by Crippen LogP contribution is 2.28. The highest BCUT2D eigenvalue weighted by atomic mass is 35.5. The van der Waals surface area contributed by atoms with Crippen molar-refractivity contribution >= 4 is 40.6 Å². The highest BCUT2D eigenvalue weighted by Gasteiger charge is 2.15. The molecular formula is C13H6Cl3FO. The van der Waals surface area contributed by atoms with Gasteiger partial charge in [-0.05, 0) is 30.3 Å². The molecule has 0 spiro atoms. The summed E-state index contributed by atoms with van der Waals surface area (Å²) in [5.41, 5.74) is 0.511. The summed E-state index contributed by atoms with van der Waals surface area (Å²) < 4.78 is 13.0. The van der Waals surface area contributed by atoms with Gasteiger partial charge >= 0.3 is 0 Å². The highest BCUT2D eigenvalue weighted by molar-refractivity contribution is 6.44. The van der Waals surface area contributed by atoms with Gasteiger partial charge in [-0.25, -0.2) is 4.39 Å². The minimum Gasteiger partial charge on any atom is -0.289 e. The molecule has 2 rings (SSSR count). The van der Waals surface area contributed by atoms with Crippen LogP contribution in [-0.4, -0.2) is 5.78 Å². The van der Waals surface area contributed by atoms with Gasteiger partial charge in [0.2, 0.25) is 0 Å². The normalized spacial score (nSPS) is 10.4. The first-order valence-electron chi connectivity index (χ1n) is 4.94. The largest absolute Gasteiger partial charge is 0.289 e. The second-order valence-corrected chi connectivity index (χ2v) is 4.75. The van der Waals surface area contributed by atoms with Gasteiger partial charge in [0.05, 0.1) is 15.1 Å². The predicted octanol–water partition coefficient (Wildman–Crippen LogP) is 5.02. The Morgan fingerprint density at radius 1 is 1.00 bits per heavy atom. The Bertz CT molecular complexity index is 626. The molecule has 2 aromatic carbocycles. The molecule has 0 bridgehead atoms. The van der Waals surface area contributed by atoms with E-state index in [0.29, 0.717) is 0 Å². The Morgan fingerprint density at radius 3 is 2.39 bits per heavy atom. The van der Waals surface area contributed by atoms with Gasteiger partial charge in [0.1, 0.15) is 5.82 Å². The van der Waals surface area contributed by atoms with Crippen LogP contribution < -0.4 is 0 Å². The quantitative estimate of drug-likeness (QED) is 0.712. The van der Waals surface area contributed by atoms with Crippen molar-refractivity contribution in [3.8, 4) is 0 Å². The van der Waals surface area contributed by atoms with E-state index >= 15 is 0 Å². The van der Waals surface area contributed by atoms with Crippen LogP contribution in [0.1, 0.15) is 15.9 Å². The van der Waals surface area contributed by atoms with Crippen LogP contribution in [0.15, 0.2) is 36.4 Å². The summed E-state index contributed by atoms with van der Waals surface area (Å²) in [6.45, 7) is 0. The summed E-state index contributed by atoms with van der Waals surface area (Å²) >= 11 is 17.4. The molecule has 5 heteroatoms. The van der Waals surface area contributed by atoms with E-state index in [2.05, 4.69) is 0 Å². The standard InChI is InChI=1S/C13H6Cl3FO/c14-9-3-1-2-8(12(9)16)13(18)7-4-5-11(17)10(15)6-7/h1-6H. The van der Waals surface area contributed by atoms with Crippen molar-refractivity contribution in [2.45, 2.75) is 0 Å². The van der Waals surface area contributed by atoms with Crippen molar-refractivity contribution in [2.75, 3.05) is 0 Å². The topological polar surface area (TPSA) is 17.1 Å². The van der Waals surface area contributed by atoms with Crippen LogP contribution >= 0.6 is 34.8 Å². The molecule has 0 saturated carbocycles. The van der Waals surface area contributed by atoms with Gasteiger partial charge in [0.25, 0.3) is 0 Å². The molecule has 2 aromatic rings. The molecule has 0 radical (unpaired) electrons. The number of hydrogen-bond acceptors (Lipinski definition) is 1. The number of carbonyl (C=O) groups is 1. The molecule has 92 valence electrons. The second kappa shape index (κ2) is 5.27. The van der Waals surface area contributed by atoms with Crippen LogP contribution in [-0.2, 0) is 0 Å². The maximum atomic E-state index is 13.0. The molecule has 0 aliphatic carbocycles. The summed E-state index contributed by atoms with van der Waals surface area (Å²) in [4.78, 5) is 12.2. The van der Waals surface area contributed by atoms with E-state index in [1.165, 1.54) is 12.1 Å². The van der Waals surface area contributed by atoms with Gasteiger partial charge in [-0.3, -0.25) is 4.79 Å². The van der Waals surface area contributed by atoms with Gasteiger partial charge in [-0.15, -0.1) is 0 Å². The Labute approximate surface area is 118 Å². The van der Waals surface area contributed by atoms with Crippen LogP contribution in [0, 0.1) is 5.82 Å². The van der Waals surface area contributed by atoms with Gasteiger partial charge in [0, 0.05) is 11.1 Å². The number of halogens is 4. The van der Waals surface area contributed by atoms with Crippen LogP contribution in [0.4, 0.5) is 4.39 Å². The molecule has 0 saturated heterocycles. The average Bonchev–Trinajstić information content (AvgIpc) is 2.35. The zero-order valence-electron chi connectivity index (χ0n) is 8.88. The van der Waals surface area contributed by atoms with Crippen molar-refractivity contribution in [3.63, 3.8) is 0 Å². The van der Waals surface area contributed by atoms with Crippen LogP contribution in [0.2, 0.25) is 15.1 Å². The predicted molar refractivity (Wildman–Crippen MR) is 71.3 cm³/mol. The zero-order chi connectivity index (χ0) is 13.3. The Hall–Kier alpha value is -1.09. The van der Waals surface area contributed by atoms with Gasteiger partial charge < -0.3 is 0 Å². The van der Waals surface area contributed by atoms with E-state index in [1.807, 2.05) is 0 Å². The third kappa shape index (κ3) is 2.51. The fourth-order valence-corrected chi connectivity index (χ4v) is 2.04. The lowest BCUT2D eigenvalue weighted by Gasteiger charge is -2.05. The average molecular weight is 304 g/mol. The van der Waals surface area contributed by atoms with Crippen LogP contribution in [0.25, 0.3) is 0 Å². The fourth-order valence-electron chi connectivity index (χ4n) is 1.47. The van der Waals surface area contributed by atoms with E-state index in [1.54, 1.807) is 18.2 Å². The lowest BCUT2D eigenvalue weighted by Crippen LogP contribution is -2.02. The molecule has 0 aliphatic heterocycles. The summed E-state index contributed by atoms with van der Waals surface area (Å²) in [6.07, 6.45) is 0. The van der Waals surface area contributed by atoms with E-state index < -0.39 is 5.82 Å². The van der Waals surface area contributed by atoms with E-state index in [0.717, 1.165) is 6.07 Å². The molecule has 0 heterocycles. The molecule has 0 N–H and O–H groups in total. The first-order chi connectivity index (χ1) is 8.50. The summed E-state index contributed by atoms with van der Waals surface area (Å²) in [5.74, 6) is -0.935. The van der Waals surface area contributed by atoms with Gasteiger partial charge in [-0.1, -0.05) is 40.9 Å². The number of ketones is 1. The Kier molecular flexibility index (Phi) is 3.91. The van der Waals surface area contributed by atoms with Crippen molar-refractivity contribution in [3.05, 3.63) is 68.4 Å². The molecule has 0 aromatic heterocycles. The maximum absolute atomic E-state index is 13.0. The monoisotopic (exact) mass is 302 g/mol. The summed E-state index contributed by atoms with van der Waals surface area (Å²) in [6, 6.07) is 8.49. The van der Waals surface area contributed by atoms with E-state index in [9.17, 15) is 9.18 Å². The first-order valence-corrected chi connectivity index (χ1v) is 6.08. The molecule has 0 atom stereocenters. The van der Waals surface area contributed by atoms with E-state index in [-0.39, 0.29) is 32.0 Å². The molecule has 0 fully saturated rings. The third-order valence-corrected chi connectivity index (χ3v) is 3.49. The molecule has 0 aliphatic rings. The maximum Gasteiger partial charge on any atom is 0.194 e. The molecule has 0 amide bonds. The molecular weight excluding hydrogens is 297 g/mol. The van der Waals surface area contributed by atoms with Crippen molar-refractivity contribution in [1.29, 1.82) is 0 Å². The van der Waals surface area contributed by atoms with Crippen LogP contribution in [0.3, 0.4) is 0 Å². The minimum absolute atomic E-state index is 0.112. The second-order valence-electron chi connectivity index (χ2n) is 3.56. The molecule has 18 heavy (non-hydrogen) atoms. The SMILES string of the molecule is O=C(c1ccc(F)c(Cl)c1)c1cccc(Cl)c1Cl. The first kappa shape index (κ1) is 13.3. The Morgan fingerprint density at radius 2 is 1.72 bits per heavy atom. The van der Waals surface area contributed by atoms with Crippen molar-refractivity contribution < 1.29 is 9.18 Å². The Balaban J connectivity index is 2.48. The number of hydrogen-bond donors (Lipinski definition) is 0. The number of rotatable bonds is 2. The van der Waals surface area contributed by atoms with E-state index in [4.69, 9.17) is 34.8 Å². The van der Waals surface area contributed by atoms with Gasteiger partial charge in [0.15, 0.2) is 5.78 Å². The fraction of sp³-hybridized carbons (Fsp3) is 0.